The monoisotopic (exact) mass is 512 g/mol. The van der Waals surface area contributed by atoms with Crippen molar-refractivity contribution in [3.63, 3.8) is 0 Å². The van der Waals surface area contributed by atoms with Gasteiger partial charge in [-0.15, -0.1) is 5.10 Å². The Morgan fingerprint density at radius 1 is 1.08 bits per heavy atom. The fourth-order valence-electron chi connectivity index (χ4n) is 3.91. The Hall–Kier alpha value is -4.35. The number of benzene rings is 2. The fraction of sp³-hybridized carbons (Fsp3) is 0.320. The molecule has 10 nitrogen and oxygen atoms in total. The number of hydrogen-bond donors (Lipinski definition) is 2. The largest absolute Gasteiger partial charge is 0.352 e. The number of nitrogens with one attached hydrogen (secondary N) is 2. The lowest BCUT2D eigenvalue weighted by atomic mass is 10.1. The van der Waals surface area contributed by atoms with Gasteiger partial charge in [-0.3, -0.25) is 19.0 Å². The Kier molecular flexibility index (Phi) is 7.18. The highest BCUT2D eigenvalue weighted by atomic mass is 19.1. The lowest BCUT2D eigenvalue weighted by Gasteiger charge is -2.13. The van der Waals surface area contributed by atoms with Gasteiger partial charge in [-0.05, 0) is 50.1 Å². The summed E-state index contributed by atoms with van der Waals surface area (Å²) in [4.78, 5) is 51.8. The molecule has 0 aliphatic rings. The minimum absolute atomic E-state index is 0.00595. The van der Waals surface area contributed by atoms with Gasteiger partial charge in [0.05, 0.1) is 16.6 Å². The molecule has 0 bridgehead atoms. The average Bonchev–Trinajstić information content (AvgIpc) is 3.19. The number of amides is 2. The van der Waals surface area contributed by atoms with Crippen LogP contribution in [0.15, 0.2) is 46.0 Å². The van der Waals surface area contributed by atoms with Crippen molar-refractivity contribution in [3.8, 4) is 0 Å². The molecule has 1 atom stereocenters. The first-order valence-corrected chi connectivity index (χ1v) is 11.9. The molecule has 37 heavy (non-hydrogen) atoms. The predicted molar refractivity (Wildman–Crippen MR) is 134 cm³/mol. The molecule has 4 rings (SSSR count). The van der Waals surface area contributed by atoms with E-state index in [2.05, 4.69) is 15.7 Å². The van der Waals surface area contributed by atoms with Crippen molar-refractivity contribution < 1.29 is 18.4 Å². The molecule has 0 aliphatic heterocycles. The van der Waals surface area contributed by atoms with Gasteiger partial charge in [0.25, 0.3) is 11.5 Å². The van der Waals surface area contributed by atoms with Gasteiger partial charge in [0.15, 0.2) is 0 Å². The molecule has 4 aromatic rings. The zero-order valence-electron chi connectivity index (χ0n) is 20.5. The quantitative estimate of drug-likeness (QED) is 0.376. The van der Waals surface area contributed by atoms with E-state index in [1.807, 2.05) is 20.8 Å². The summed E-state index contributed by atoms with van der Waals surface area (Å²) >= 11 is 0. The summed E-state index contributed by atoms with van der Waals surface area (Å²) in [6.07, 6.45) is 1.29. The Labute approximate surface area is 209 Å². The third-order valence-electron chi connectivity index (χ3n) is 5.97. The van der Waals surface area contributed by atoms with E-state index in [9.17, 15) is 28.0 Å². The van der Waals surface area contributed by atoms with Crippen LogP contribution in [0, 0.1) is 11.6 Å². The molecule has 2 N–H and O–H groups in total. The van der Waals surface area contributed by atoms with E-state index in [4.69, 9.17) is 0 Å². The van der Waals surface area contributed by atoms with Crippen LogP contribution >= 0.6 is 0 Å². The van der Waals surface area contributed by atoms with Gasteiger partial charge in [0.2, 0.25) is 11.7 Å². The first-order chi connectivity index (χ1) is 17.6. The van der Waals surface area contributed by atoms with Crippen LogP contribution in [0.2, 0.25) is 0 Å². The zero-order valence-corrected chi connectivity index (χ0v) is 20.5. The van der Waals surface area contributed by atoms with Gasteiger partial charge in [-0.2, -0.15) is 0 Å². The number of hydrogen-bond acceptors (Lipinski definition) is 5. The van der Waals surface area contributed by atoms with E-state index >= 15 is 0 Å². The Balaban J connectivity index is 1.82. The predicted octanol–water partition coefficient (Wildman–Crippen LogP) is 2.67. The van der Waals surface area contributed by atoms with Crippen molar-refractivity contribution in [1.82, 2.24) is 24.1 Å². The SMILES string of the molecule is CCCn1c(=O)c2ccc(C(=O)NC(C)CC)cc2n2c(=O)n(CC(=O)Nc3cc(F)ccc3F)nc12. The van der Waals surface area contributed by atoms with Crippen molar-refractivity contribution in [2.45, 2.75) is 52.7 Å². The van der Waals surface area contributed by atoms with Crippen LogP contribution in [0.4, 0.5) is 14.5 Å². The van der Waals surface area contributed by atoms with Crippen molar-refractivity contribution in [3.05, 3.63) is 74.4 Å². The van der Waals surface area contributed by atoms with Gasteiger partial charge in [-0.1, -0.05) is 13.8 Å². The van der Waals surface area contributed by atoms with Crippen LogP contribution in [0.25, 0.3) is 16.7 Å². The minimum atomic E-state index is -0.844. The molecule has 2 aromatic heterocycles. The number of fused-ring (bicyclic) bond motifs is 3. The van der Waals surface area contributed by atoms with Crippen LogP contribution < -0.4 is 21.9 Å². The standard InChI is InChI=1S/C25H26F2N6O4/c1-4-10-31-23(36)17-8-6-15(22(35)28-14(3)5-2)11-20(17)33-24(31)30-32(25(33)37)13-21(34)29-19-12-16(26)7-9-18(19)27/h6-9,11-12,14H,4-5,10,13H2,1-3H3,(H,28,35)(H,29,34). The number of anilines is 1. The van der Waals surface area contributed by atoms with Crippen molar-refractivity contribution in [2.24, 2.45) is 0 Å². The van der Waals surface area contributed by atoms with Crippen molar-refractivity contribution in [2.75, 3.05) is 5.32 Å². The molecule has 0 fully saturated rings. The molecule has 2 amide bonds. The Bertz CT molecular complexity index is 1640. The smallest absolute Gasteiger partial charge is 0.350 e. The van der Waals surface area contributed by atoms with Crippen LogP contribution in [0.3, 0.4) is 0 Å². The summed E-state index contributed by atoms with van der Waals surface area (Å²) in [5.41, 5.74) is -1.11. The summed E-state index contributed by atoms with van der Waals surface area (Å²) in [5, 5.41) is 9.47. The molecule has 194 valence electrons. The number of nitrogens with zero attached hydrogens (tertiary/aromatic N) is 4. The van der Waals surface area contributed by atoms with Gasteiger partial charge in [0.1, 0.15) is 18.2 Å². The third-order valence-corrected chi connectivity index (χ3v) is 5.97. The lowest BCUT2D eigenvalue weighted by Crippen LogP contribution is -2.32. The van der Waals surface area contributed by atoms with E-state index in [0.717, 1.165) is 29.3 Å². The molecule has 1 unspecified atom stereocenters. The Morgan fingerprint density at radius 3 is 2.54 bits per heavy atom. The molecule has 0 aliphatic carbocycles. The van der Waals surface area contributed by atoms with Crippen molar-refractivity contribution >= 4 is 34.2 Å². The van der Waals surface area contributed by atoms with E-state index < -0.39 is 35.3 Å². The molecule has 0 spiro atoms. The summed E-state index contributed by atoms with van der Waals surface area (Å²) < 4.78 is 30.7. The summed E-state index contributed by atoms with van der Waals surface area (Å²) in [7, 11) is 0. The molecular weight excluding hydrogens is 486 g/mol. The summed E-state index contributed by atoms with van der Waals surface area (Å²) in [5.74, 6) is -2.78. The minimum Gasteiger partial charge on any atom is -0.350 e. The number of halogens is 2. The highest BCUT2D eigenvalue weighted by Crippen LogP contribution is 2.16. The first-order valence-electron chi connectivity index (χ1n) is 11.9. The van der Waals surface area contributed by atoms with E-state index in [1.54, 1.807) is 0 Å². The van der Waals surface area contributed by atoms with Crippen molar-refractivity contribution in [1.29, 1.82) is 0 Å². The topological polar surface area (TPSA) is 120 Å². The van der Waals surface area contributed by atoms with Gasteiger partial charge < -0.3 is 10.6 Å². The van der Waals surface area contributed by atoms with Gasteiger partial charge in [0, 0.05) is 24.2 Å². The molecular formula is C25H26F2N6O4. The van der Waals surface area contributed by atoms with Crippen LogP contribution in [-0.2, 0) is 17.9 Å². The molecule has 0 radical (unpaired) electrons. The lowest BCUT2D eigenvalue weighted by molar-refractivity contribution is -0.117. The molecule has 2 aromatic carbocycles. The highest BCUT2D eigenvalue weighted by molar-refractivity contribution is 5.98. The third kappa shape index (κ3) is 4.99. The number of aromatic nitrogens is 4. The second-order valence-corrected chi connectivity index (χ2v) is 8.72. The number of rotatable bonds is 8. The van der Waals surface area contributed by atoms with Crippen LogP contribution in [-0.4, -0.2) is 36.6 Å². The average molecular weight is 513 g/mol. The molecule has 12 heteroatoms. The second-order valence-electron chi connectivity index (χ2n) is 8.72. The Morgan fingerprint density at radius 2 is 1.84 bits per heavy atom. The fourth-order valence-corrected chi connectivity index (χ4v) is 3.91. The normalized spacial score (nSPS) is 12.1. The molecule has 2 heterocycles. The first kappa shape index (κ1) is 25.7. The van der Waals surface area contributed by atoms with E-state index in [1.165, 1.54) is 27.2 Å². The maximum atomic E-state index is 13.9. The van der Waals surface area contributed by atoms with Crippen LogP contribution in [0.1, 0.15) is 44.0 Å². The van der Waals surface area contributed by atoms with E-state index in [0.29, 0.717) is 6.42 Å². The second kappa shape index (κ2) is 10.3. The number of carbonyl (C=O) groups excluding carboxylic acids is 2. The maximum absolute atomic E-state index is 13.9. The number of carbonyl (C=O) groups is 2. The number of aryl methyl sites for hydroxylation is 1. The van der Waals surface area contributed by atoms with Gasteiger partial charge >= 0.3 is 5.69 Å². The summed E-state index contributed by atoms with van der Waals surface area (Å²) in [6, 6.07) is 6.95. The molecule has 0 saturated carbocycles. The van der Waals surface area contributed by atoms with Crippen LogP contribution in [0.5, 0.6) is 0 Å². The molecule has 0 saturated heterocycles. The van der Waals surface area contributed by atoms with Gasteiger partial charge in [-0.25, -0.2) is 22.7 Å². The zero-order chi connectivity index (χ0) is 26.9. The maximum Gasteiger partial charge on any atom is 0.352 e. The highest BCUT2D eigenvalue weighted by Gasteiger charge is 2.20. The van der Waals surface area contributed by atoms with E-state index in [-0.39, 0.29) is 46.4 Å². The summed E-state index contributed by atoms with van der Waals surface area (Å²) in [6.45, 7) is 5.28.